The van der Waals surface area contributed by atoms with E-state index < -0.39 is 11.8 Å². The predicted octanol–water partition coefficient (Wildman–Crippen LogP) is 6.78. The van der Waals surface area contributed by atoms with E-state index >= 15 is 0 Å². The fourth-order valence-electron chi connectivity index (χ4n) is 4.96. The van der Waals surface area contributed by atoms with Crippen LogP contribution in [0.4, 0.5) is 10.1 Å². The zero-order valence-electron chi connectivity index (χ0n) is 19.6. The van der Waals surface area contributed by atoms with E-state index in [1.165, 1.54) is 12.1 Å². The van der Waals surface area contributed by atoms with Gasteiger partial charge in [0.25, 0.3) is 0 Å². The average Bonchev–Trinajstić information content (AvgIpc) is 3.35. The van der Waals surface area contributed by atoms with Crippen molar-refractivity contribution in [2.45, 2.75) is 51.4 Å². The molecule has 3 aromatic rings. The molecule has 1 fully saturated rings. The molecule has 0 saturated heterocycles. The Hall–Kier alpha value is -3.25. The van der Waals surface area contributed by atoms with Gasteiger partial charge in [0.2, 0.25) is 5.91 Å². The second-order valence-corrected chi connectivity index (χ2v) is 9.59. The summed E-state index contributed by atoms with van der Waals surface area (Å²) in [5.41, 5.74) is 4.43. The maximum absolute atomic E-state index is 14.3. The number of aromatic nitrogens is 1. The van der Waals surface area contributed by atoms with E-state index in [1.54, 1.807) is 19.3 Å². The molecule has 5 nitrogen and oxygen atoms in total. The van der Waals surface area contributed by atoms with Gasteiger partial charge >= 0.3 is 5.97 Å². The van der Waals surface area contributed by atoms with Crippen molar-refractivity contribution in [3.8, 4) is 11.1 Å². The van der Waals surface area contributed by atoms with Gasteiger partial charge in [-0.05, 0) is 72.6 Å². The van der Waals surface area contributed by atoms with Crippen LogP contribution in [0.25, 0.3) is 11.1 Å². The summed E-state index contributed by atoms with van der Waals surface area (Å²) in [4.78, 5) is 28.7. The number of halogens is 2. The number of aliphatic carboxylic acids is 1. The van der Waals surface area contributed by atoms with Gasteiger partial charge in [-0.2, -0.15) is 0 Å². The molecule has 1 aliphatic carbocycles. The van der Waals surface area contributed by atoms with Gasteiger partial charge in [0, 0.05) is 30.1 Å². The van der Waals surface area contributed by atoms with Crippen LogP contribution in [-0.4, -0.2) is 22.0 Å². The first-order valence-corrected chi connectivity index (χ1v) is 12.2. The van der Waals surface area contributed by atoms with Crippen LogP contribution in [0.15, 0.2) is 54.9 Å². The standard InChI is InChI=1S/C28H28ClFN2O3/c1-17-21(10-11-26(33)34)13-24(30)14-25(17)32-28(35)27(19-4-2-3-5-19)20-8-6-18(7-9-20)22-12-23(29)16-31-15-22/h6-9,12-16,19,27H,2-5,10-11H2,1H3,(H,32,35)(H,33,34)/t27-/m1/s1. The van der Waals surface area contributed by atoms with E-state index in [9.17, 15) is 14.0 Å². The number of carbonyl (C=O) groups excluding carboxylic acids is 1. The van der Waals surface area contributed by atoms with Gasteiger partial charge in [-0.25, -0.2) is 4.39 Å². The largest absolute Gasteiger partial charge is 0.481 e. The maximum Gasteiger partial charge on any atom is 0.303 e. The normalized spacial score (nSPS) is 14.6. The zero-order valence-corrected chi connectivity index (χ0v) is 20.3. The summed E-state index contributed by atoms with van der Waals surface area (Å²) in [5, 5.41) is 12.5. The number of carboxylic acids is 1. The fraction of sp³-hybridized carbons (Fsp3) is 0.321. The van der Waals surface area contributed by atoms with E-state index in [-0.39, 0.29) is 30.6 Å². The highest BCUT2D eigenvalue weighted by Crippen LogP contribution is 2.39. The summed E-state index contributed by atoms with van der Waals surface area (Å²) in [6.07, 6.45) is 7.52. The molecule has 2 N–H and O–H groups in total. The summed E-state index contributed by atoms with van der Waals surface area (Å²) in [5.74, 6) is -1.78. The molecule has 0 spiro atoms. The Morgan fingerprint density at radius 3 is 2.49 bits per heavy atom. The van der Waals surface area contributed by atoms with Crippen LogP contribution in [0.3, 0.4) is 0 Å². The number of nitrogens with one attached hydrogen (secondary N) is 1. The molecule has 1 aromatic heterocycles. The number of aryl methyl sites for hydroxylation is 1. The Morgan fingerprint density at radius 2 is 1.83 bits per heavy atom. The third kappa shape index (κ3) is 6.06. The smallest absolute Gasteiger partial charge is 0.303 e. The number of amides is 1. The zero-order chi connectivity index (χ0) is 24.9. The van der Waals surface area contributed by atoms with E-state index in [2.05, 4.69) is 10.3 Å². The average molecular weight is 495 g/mol. The second-order valence-electron chi connectivity index (χ2n) is 9.16. The van der Waals surface area contributed by atoms with Crippen LogP contribution in [0.2, 0.25) is 5.02 Å². The Balaban J connectivity index is 1.60. The molecule has 1 amide bonds. The van der Waals surface area contributed by atoms with Crippen molar-refractivity contribution in [3.63, 3.8) is 0 Å². The van der Waals surface area contributed by atoms with Crippen molar-refractivity contribution in [2.24, 2.45) is 5.92 Å². The van der Waals surface area contributed by atoms with E-state index in [0.717, 1.165) is 42.4 Å². The first kappa shape index (κ1) is 24.9. The molecule has 0 radical (unpaired) electrons. The first-order chi connectivity index (χ1) is 16.8. The van der Waals surface area contributed by atoms with Crippen LogP contribution in [0, 0.1) is 18.7 Å². The second kappa shape index (κ2) is 11.0. The Kier molecular flexibility index (Phi) is 7.81. The van der Waals surface area contributed by atoms with Crippen molar-refractivity contribution in [1.29, 1.82) is 0 Å². The fourth-order valence-corrected chi connectivity index (χ4v) is 5.13. The van der Waals surface area contributed by atoms with Crippen molar-refractivity contribution in [2.75, 3.05) is 5.32 Å². The first-order valence-electron chi connectivity index (χ1n) is 11.8. The van der Waals surface area contributed by atoms with Crippen LogP contribution >= 0.6 is 11.6 Å². The third-order valence-corrected chi connectivity index (χ3v) is 7.01. The molecule has 1 aliphatic rings. The Bertz CT molecular complexity index is 1220. The van der Waals surface area contributed by atoms with Crippen molar-refractivity contribution < 1.29 is 19.1 Å². The number of nitrogens with zero attached hydrogens (tertiary/aromatic N) is 1. The predicted molar refractivity (Wildman–Crippen MR) is 135 cm³/mol. The highest BCUT2D eigenvalue weighted by atomic mass is 35.5. The Labute approximate surface area is 209 Å². The molecule has 1 heterocycles. The number of carboxylic acid groups (broad SMARTS) is 1. The quantitative estimate of drug-likeness (QED) is 0.361. The number of carbonyl (C=O) groups is 2. The lowest BCUT2D eigenvalue weighted by Crippen LogP contribution is -2.27. The highest BCUT2D eigenvalue weighted by Gasteiger charge is 2.32. The van der Waals surface area contributed by atoms with E-state index in [1.807, 2.05) is 30.3 Å². The lowest BCUT2D eigenvalue weighted by molar-refractivity contribution is -0.137. The van der Waals surface area contributed by atoms with Crippen LogP contribution in [0.1, 0.15) is 54.7 Å². The molecule has 1 atom stereocenters. The lowest BCUT2D eigenvalue weighted by atomic mass is 9.83. The van der Waals surface area contributed by atoms with Crippen molar-refractivity contribution in [1.82, 2.24) is 4.98 Å². The molecule has 0 bridgehead atoms. The number of anilines is 1. The molecule has 4 rings (SSSR count). The van der Waals surface area contributed by atoms with Crippen molar-refractivity contribution >= 4 is 29.2 Å². The SMILES string of the molecule is Cc1c(CCC(=O)O)cc(F)cc1NC(=O)[C@@H](c1ccc(-c2cncc(Cl)c2)cc1)C1CCCC1. The molecule has 1 saturated carbocycles. The summed E-state index contributed by atoms with van der Waals surface area (Å²) in [6.45, 7) is 1.78. The highest BCUT2D eigenvalue weighted by molar-refractivity contribution is 6.30. The topological polar surface area (TPSA) is 79.3 Å². The molecular weight excluding hydrogens is 467 g/mol. The minimum atomic E-state index is -0.947. The molecule has 7 heteroatoms. The van der Waals surface area contributed by atoms with Crippen molar-refractivity contribution in [3.05, 3.63) is 82.4 Å². The summed E-state index contributed by atoms with van der Waals surface area (Å²) in [6, 6.07) is 12.4. The van der Waals surface area contributed by atoms with Gasteiger partial charge in [-0.1, -0.05) is 48.7 Å². The van der Waals surface area contributed by atoms with Gasteiger partial charge in [-0.15, -0.1) is 0 Å². The lowest BCUT2D eigenvalue weighted by Gasteiger charge is -2.24. The molecule has 35 heavy (non-hydrogen) atoms. The van der Waals surface area contributed by atoms with Gasteiger partial charge in [0.15, 0.2) is 0 Å². The number of rotatable bonds is 8. The van der Waals surface area contributed by atoms with Crippen LogP contribution in [0.5, 0.6) is 0 Å². The van der Waals surface area contributed by atoms with Crippen LogP contribution < -0.4 is 5.32 Å². The van der Waals surface area contributed by atoms with Gasteiger partial charge in [-0.3, -0.25) is 14.6 Å². The minimum Gasteiger partial charge on any atom is -0.481 e. The molecule has 0 unspecified atom stereocenters. The molecule has 0 aliphatic heterocycles. The summed E-state index contributed by atoms with van der Waals surface area (Å²) >= 11 is 6.08. The molecular formula is C28H28ClFN2O3. The summed E-state index contributed by atoms with van der Waals surface area (Å²) < 4.78 is 14.3. The van der Waals surface area contributed by atoms with E-state index in [0.29, 0.717) is 21.8 Å². The number of benzene rings is 2. The van der Waals surface area contributed by atoms with Crippen LogP contribution in [-0.2, 0) is 16.0 Å². The third-order valence-electron chi connectivity index (χ3n) is 6.81. The minimum absolute atomic E-state index is 0.100. The monoisotopic (exact) mass is 494 g/mol. The number of hydrogen-bond acceptors (Lipinski definition) is 3. The summed E-state index contributed by atoms with van der Waals surface area (Å²) in [7, 11) is 0. The van der Waals surface area contributed by atoms with Gasteiger partial charge in [0.1, 0.15) is 5.82 Å². The molecule has 2 aromatic carbocycles. The maximum atomic E-state index is 14.3. The molecule has 182 valence electrons. The van der Waals surface area contributed by atoms with E-state index in [4.69, 9.17) is 16.7 Å². The van der Waals surface area contributed by atoms with Gasteiger partial charge < -0.3 is 10.4 Å². The Morgan fingerprint density at radius 1 is 1.11 bits per heavy atom. The number of hydrogen-bond donors (Lipinski definition) is 2. The number of pyridine rings is 1. The van der Waals surface area contributed by atoms with Gasteiger partial charge in [0.05, 0.1) is 10.9 Å².